The number of ether oxygens (including phenoxy) is 4. The van der Waals surface area contributed by atoms with E-state index in [2.05, 4.69) is 215 Å². The second-order valence-electron chi connectivity index (χ2n) is 32.1. The van der Waals surface area contributed by atoms with Crippen LogP contribution >= 0.6 is 17.0 Å². The molecule has 2 atom stereocenters. The molecular formula is C101H100F19O7P2+. The third kappa shape index (κ3) is 25.4. The Bertz CT molecular complexity index is 5590. The molecule has 0 bridgehead atoms. The van der Waals surface area contributed by atoms with Gasteiger partial charge in [0.15, 0.2) is 81.4 Å². The van der Waals surface area contributed by atoms with Crippen LogP contribution in [0.15, 0.2) is 206 Å². The van der Waals surface area contributed by atoms with E-state index in [-0.39, 0.29) is 26.1 Å². The molecule has 0 fully saturated rings. The molecule has 7 nitrogen and oxygen atoms in total. The van der Waals surface area contributed by atoms with Gasteiger partial charge in [0, 0.05) is 62.7 Å². The Morgan fingerprint density at radius 3 is 0.767 bits per heavy atom. The summed E-state index contributed by atoms with van der Waals surface area (Å²) in [5.74, 6) is -36.9. The first-order valence-electron chi connectivity index (χ1n) is 40.3. The van der Waals surface area contributed by atoms with Gasteiger partial charge in [-0.1, -0.05) is 207 Å². The molecule has 0 amide bonds. The van der Waals surface area contributed by atoms with Crippen molar-refractivity contribution in [1.82, 2.24) is 0 Å². The standard InChI is InChI=1S/C29H28O.2C23H15F9O.C23H24O.CH4O.2CH4.FH.H2OP2.H2O/c1-21-20-25(22-14-8-5-9-15-22)27(24-18-12-7-13-19-24)28(30-29(2,3)4)26(21)23-16-10-6-11-17-23;2*1-8-13(24)11(15(26)18(29)14(8)25)9-6-5-7-10(22(9)33-23(2,3)4)12-16(27)19(30)21(32)20(31)17(12)28;1-17-15-20(18-11-7-5-8-12-18)22(24-23(2,3)4)21(16-17)19-13-9-6-10-14-19;1-2;;;;1-3-2;/h5-20H,1-4H3;2*5-7H,1-4H3;5-16H,1-4H3;2H,1H3;2*1H4;1H;2H2;1H2/p+1/i;;;;1T;;;;;/hT2D. The van der Waals surface area contributed by atoms with Gasteiger partial charge in [0.05, 0.1) is 23.6 Å². The van der Waals surface area contributed by atoms with Crippen LogP contribution in [0, 0.1) is 132 Å². The molecule has 0 saturated heterocycles. The van der Waals surface area contributed by atoms with Crippen LogP contribution in [-0.4, -0.2) is 42.8 Å². The van der Waals surface area contributed by atoms with Gasteiger partial charge in [-0.15, -0.1) is 0 Å². The Hall–Kier alpha value is -11.8. The minimum Gasteiger partial charge on any atom is -0.487 e. The highest BCUT2D eigenvalue weighted by Crippen LogP contribution is 2.52. The Kier molecular flexibility index (Phi) is 36.5. The molecular weight excluding hydrogens is 1750 g/mol. The Morgan fingerprint density at radius 2 is 0.512 bits per heavy atom. The number of para-hydroxylation sites is 2. The summed E-state index contributed by atoms with van der Waals surface area (Å²) in [5, 5.41) is 7.24. The minimum absolute atomic E-state index is 0. The zero-order valence-corrected chi connectivity index (χ0v) is 73.5. The summed E-state index contributed by atoms with van der Waals surface area (Å²) in [5.41, 5.74) is 7.60. The average Bonchev–Trinajstić information content (AvgIpc) is 0.749. The van der Waals surface area contributed by atoms with Gasteiger partial charge in [-0.05, 0) is 173 Å². The van der Waals surface area contributed by atoms with Gasteiger partial charge in [-0.25, -0.2) is 79.0 Å². The van der Waals surface area contributed by atoms with Gasteiger partial charge in [0.1, 0.15) is 66.0 Å². The van der Waals surface area contributed by atoms with Crippen LogP contribution in [0.1, 0.15) is 123 Å². The lowest BCUT2D eigenvalue weighted by Gasteiger charge is -2.28. The smallest absolute Gasteiger partial charge is 0.390 e. The summed E-state index contributed by atoms with van der Waals surface area (Å²) in [4.78, 5) is 0. The van der Waals surface area contributed by atoms with Crippen molar-refractivity contribution < 1.29 is 121 Å². The maximum Gasteiger partial charge on any atom is 0.390 e. The summed E-state index contributed by atoms with van der Waals surface area (Å²) in [6.07, 6.45) is 0. The molecule has 0 aliphatic rings. The van der Waals surface area contributed by atoms with Gasteiger partial charge in [0.2, 0.25) is 13.1 Å². The molecule has 13 aromatic carbocycles. The van der Waals surface area contributed by atoms with E-state index >= 15 is 0 Å². The molecule has 0 aliphatic carbocycles. The SMILES string of the molecule is C.C.Cc1c(F)c(F)c(F)c(-c2cccc(-c3c(F)c(F)c(F)c(F)c3F)c2OC(C)(C)C)c1F.Cc1c(F)c(F)c(F)c(-c2cccc(-c3c(F)c(F)c(F)c(F)c3F)c2OC(C)(C)C)c1F.Cc1cc(-c2ccccc2)c(-c2ccccc2)c(OC(C)(C)C)c1-c1ccccc1.Cc1cc(-c2ccccc2)c(OC(C)(C)C)c(-c2ccccc2)c1.[2H]F.[3H]CO.[3H]O.[3H][P+](=O)P. The maximum absolute atomic E-state index is 14.9. The quantitative estimate of drug-likeness (QED) is 0.0534. The summed E-state index contributed by atoms with van der Waals surface area (Å²) < 4.78 is 318. The molecule has 0 aromatic heterocycles. The Morgan fingerprint density at radius 1 is 0.310 bits per heavy atom. The van der Waals surface area contributed by atoms with Crippen molar-refractivity contribution in [2.75, 3.05) is 7.09 Å². The van der Waals surface area contributed by atoms with Gasteiger partial charge in [0.25, 0.3) is 1.45 Å². The zero-order valence-electron chi connectivity index (χ0n) is 75.5. The predicted molar refractivity (Wildman–Crippen MR) is 481 cm³/mol. The number of aryl methyl sites for hydroxylation is 2. The number of halogens is 19. The van der Waals surface area contributed by atoms with Crippen LogP contribution in [0.2, 0.25) is 0 Å². The Balaban J connectivity index is 0.000000357. The van der Waals surface area contributed by atoms with E-state index < -0.39 is 198 Å². The highest BCUT2D eigenvalue weighted by atomic mass is 32.0. The van der Waals surface area contributed by atoms with Crippen molar-refractivity contribution in [3.05, 3.63) is 333 Å². The monoisotopic (exact) mass is 1850 g/mol. The Labute approximate surface area is 748 Å². The van der Waals surface area contributed by atoms with Gasteiger partial charge < -0.3 is 29.5 Å². The highest BCUT2D eigenvalue weighted by Gasteiger charge is 2.37. The van der Waals surface area contributed by atoms with Crippen LogP contribution in [0.25, 0.3) is 100 Å². The van der Waals surface area contributed by atoms with Crippen molar-refractivity contribution in [2.24, 2.45) is 0 Å². The van der Waals surface area contributed by atoms with Gasteiger partial charge in [-0.2, -0.15) is 0 Å². The van der Waals surface area contributed by atoms with Crippen LogP contribution in [0.3, 0.4) is 0 Å². The van der Waals surface area contributed by atoms with E-state index in [0.29, 0.717) is 0 Å². The van der Waals surface area contributed by atoms with Crippen LogP contribution in [0.4, 0.5) is 83.7 Å². The minimum atomic E-state index is -2.41. The van der Waals surface area contributed by atoms with Crippen molar-refractivity contribution in [3.63, 3.8) is 0 Å². The lowest BCUT2D eigenvalue weighted by molar-refractivity contribution is 0.132. The van der Waals surface area contributed by atoms with E-state index in [1.54, 1.807) is 0 Å². The number of hydrogen-bond donors (Lipinski definition) is 1. The number of aliphatic hydroxyl groups is 1. The van der Waals surface area contributed by atoms with E-state index in [9.17, 15) is 83.6 Å². The third-order valence-corrected chi connectivity index (χ3v) is 18.2. The van der Waals surface area contributed by atoms with Gasteiger partial charge in [-0.3, -0.25) is 4.72 Å². The summed E-state index contributed by atoms with van der Waals surface area (Å²) in [7, 11) is -0.370. The molecule has 0 radical (unpaired) electrons. The van der Waals surface area contributed by atoms with Crippen molar-refractivity contribution in [3.8, 4) is 123 Å². The van der Waals surface area contributed by atoms with Crippen molar-refractivity contribution in [1.29, 1.82) is 2.73 Å². The van der Waals surface area contributed by atoms with E-state index in [4.69, 9.17) is 38.3 Å². The second kappa shape index (κ2) is 45.9. The topological polar surface area (TPSA) is 106 Å². The maximum atomic E-state index is 14.9. The van der Waals surface area contributed by atoms with Gasteiger partial charge >= 0.3 is 9.37 Å². The second-order valence-corrected chi connectivity index (χ2v) is 32.9. The molecule has 0 heterocycles. The van der Waals surface area contributed by atoms with Crippen LogP contribution in [-0.2, 0) is 4.57 Å². The number of rotatable bonds is 13. The van der Waals surface area contributed by atoms with Crippen molar-refractivity contribution in [2.45, 2.75) is 148 Å². The molecule has 13 aromatic rings. The summed E-state index contributed by atoms with van der Waals surface area (Å²) >= 11 is 0. The highest BCUT2D eigenvalue weighted by molar-refractivity contribution is 7.96. The number of hydrogen-bond acceptors (Lipinski definition) is 6. The molecule has 0 saturated carbocycles. The first-order valence-corrected chi connectivity index (χ1v) is 40.7. The fraction of sp³-hybridized carbons (Fsp3) is 0.228. The number of benzene rings is 13. The molecule has 129 heavy (non-hydrogen) atoms. The largest absolute Gasteiger partial charge is 0.487 e. The molecule has 13 rings (SSSR count). The lowest BCUT2D eigenvalue weighted by Crippen LogP contribution is -2.24. The first-order chi connectivity index (χ1) is 61.4. The summed E-state index contributed by atoms with van der Waals surface area (Å²) in [6, 6.07) is 65.0. The lowest BCUT2D eigenvalue weighted by atomic mass is 9.86. The van der Waals surface area contributed by atoms with Crippen LogP contribution < -0.4 is 18.9 Å². The van der Waals surface area contributed by atoms with Crippen molar-refractivity contribution >= 4 is 17.0 Å². The molecule has 688 valence electrons. The zero-order chi connectivity index (χ0) is 98.6. The van der Waals surface area contributed by atoms with E-state index in [1.165, 1.54) is 80.5 Å². The average molecular weight is 1860 g/mol. The normalized spacial score (nSPS) is 11.4. The fourth-order valence-electron chi connectivity index (χ4n) is 13.1. The molecule has 28 heteroatoms. The number of aliphatic hydroxyl groups excluding tert-OH is 1. The molecule has 0 aliphatic heterocycles. The van der Waals surface area contributed by atoms with E-state index in [1.807, 2.05) is 21.1 Å². The van der Waals surface area contributed by atoms with Crippen LogP contribution in [0.5, 0.6) is 23.0 Å². The molecule has 0 spiro atoms. The fourth-order valence-corrected chi connectivity index (χ4v) is 13.1. The third-order valence-electron chi connectivity index (χ3n) is 18.2. The first kappa shape index (κ1) is 103. The predicted octanol–water partition coefficient (Wildman–Crippen LogP) is 31.2. The summed E-state index contributed by atoms with van der Waals surface area (Å²) in [6.45, 7) is 27.1. The molecule has 3 N–H and O–H groups in total. The van der Waals surface area contributed by atoms with E-state index in [0.717, 1.165) is 89.6 Å². The molecule has 2 unspecified atom stereocenters.